The second-order valence-electron chi connectivity index (χ2n) is 4.87. The van der Waals surface area contributed by atoms with Gasteiger partial charge in [-0.2, -0.15) is 0 Å². The highest BCUT2D eigenvalue weighted by Crippen LogP contribution is 2.31. The van der Waals surface area contributed by atoms with Crippen molar-refractivity contribution in [3.63, 3.8) is 0 Å². The number of nitro groups is 1. The van der Waals surface area contributed by atoms with E-state index in [1.807, 2.05) is 0 Å². The molecule has 0 N–H and O–H groups in total. The molecule has 23 heavy (non-hydrogen) atoms. The molecule has 0 saturated heterocycles. The molecule has 122 valence electrons. The molecule has 0 radical (unpaired) electrons. The molecule has 1 aromatic heterocycles. The molecule has 0 aliphatic heterocycles. The summed E-state index contributed by atoms with van der Waals surface area (Å²) < 4.78 is 15.0. The summed E-state index contributed by atoms with van der Waals surface area (Å²) in [5.41, 5.74) is 1.23. The zero-order valence-electron chi connectivity index (χ0n) is 13.0. The number of methoxy groups -OCH3 is 1. The van der Waals surface area contributed by atoms with Crippen LogP contribution in [0.1, 0.15) is 23.4 Å². The van der Waals surface area contributed by atoms with Crippen LogP contribution in [-0.2, 0) is 11.2 Å². The van der Waals surface area contributed by atoms with E-state index >= 15 is 0 Å². The summed E-state index contributed by atoms with van der Waals surface area (Å²) in [6, 6.07) is 4.03. The zero-order chi connectivity index (χ0) is 17.0. The number of benzene rings is 1. The van der Waals surface area contributed by atoms with Crippen molar-refractivity contribution in [1.29, 1.82) is 0 Å². The quantitative estimate of drug-likeness (QED) is 0.349. The average Bonchev–Trinajstić information content (AvgIpc) is 2.84. The van der Waals surface area contributed by atoms with Crippen molar-refractivity contribution in [2.45, 2.75) is 26.7 Å². The molecule has 0 spiro atoms. The van der Waals surface area contributed by atoms with Gasteiger partial charge in [-0.1, -0.05) is 5.16 Å². The molecule has 8 heteroatoms. The van der Waals surface area contributed by atoms with E-state index in [2.05, 4.69) is 5.16 Å². The number of hydrogen-bond acceptors (Lipinski definition) is 7. The SMILES string of the molecule is COc1ccc(OC(=O)CCc2c(C)noc2C)c([N+](=O)[O-])c1. The fourth-order valence-corrected chi connectivity index (χ4v) is 2.11. The Morgan fingerprint density at radius 1 is 1.39 bits per heavy atom. The number of ether oxygens (including phenoxy) is 2. The van der Waals surface area contributed by atoms with Gasteiger partial charge in [-0.05, 0) is 32.4 Å². The van der Waals surface area contributed by atoms with Crippen LogP contribution in [0.3, 0.4) is 0 Å². The van der Waals surface area contributed by atoms with Crippen molar-refractivity contribution in [2.24, 2.45) is 0 Å². The van der Waals surface area contributed by atoms with Gasteiger partial charge in [0, 0.05) is 5.56 Å². The van der Waals surface area contributed by atoms with Gasteiger partial charge in [-0.3, -0.25) is 14.9 Å². The molecule has 1 heterocycles. The summed E-state index contributed by atoms with van der Waals surface area (Å²) in [6.45, 7) is 3.54. The summed E-state index contributed by atoms with van der Waals surface area (Å²) in [5.74, 6) is 0.274. The Morgan fingerprint density at radius 3 is 2.70 bits per heavy atom. The fraction of sp³-hybridized carbons (Fsp3) is 0.333. The standard InChI is InChI=1S/C15H16N2O6/c1-9-12(10(2)23-16-9)5-7-15(18)22-14-6-4-11(21-3)8-13(14)17(19)20/h4,6,8H,5,7H2,1-3H3. The van der Waals surface area contributed by atoms with Crippen molar-refractivity contribution in [2.75, 3.05) is 7.11 Å². The molecular weight excluding hydrogens is 304 g/mol. The maximum Gasteiger partial charge on any atom is 0.315 e. The highest BCUT2D eigenvalue weighted by atomic mass is 16.6. The zero-order valence-corrected chi connectivity index (χ0v) is 13.0. The number of aryl methyl sites for hydroxylation is 2. The van der Waals surface area contributed by atoms with Crippen LogP contribution in [0.25, 0.3) is 0 Å². The van der Waals surface area contributed by atoms with Crippen LogP contribution in [0, 0.1) is 24.0 Å². The lowest BCUT2D eigenvalue weighted by molar-refractivity contribution is -0.385. The molecule has 0 bridgehead atoms. The van der Waals surface area contributed by atoms with Gasteiger partial charge in [0.1, 0.15) is 11.5 Å². The third-order valence-electron chi connectivity index (χ3n) is 3.35. The Hall–Kier alpha value is -2.90. The van der Waals surface area contributed by atoms with Crippen LogP contribution in [0.4, 0.5) is 5.69 Å². The number of carbonyl (C=O) groups excluding carboxylic acids is 1. The summed E-state index contributed by atoms with van der Waals surface area (Å²) in [7, 11) is 1.40. The molecule has 0 aliphatic rings. The first-order valence-electron chi connectivity index (χ1n) is 6.87. The molecule has 8 nitrogen and oxygen atoms in total. The summed E-state index contributed by atoms with van der Waals surface area (Å²) in [6.07, 6.45) is 0.454. The molecule has 0 saturated carbocycles. The van der Waals surface area contributed by atoms with Gasteiger partial charge in [-0.25, -0.2) is 0 Å². The van der Waals surface area contributed by atoms with Crippen molar-refractivity contribution in [3.05, 3.63) is 45.3 Å². The van der Waals surface area contributed by atoms with Crippen LogP contribution in [0.5, 0.6) is 11.5 Å². The molecule has 0 aliphatic carbocycles. The lowest BCUT2D eigenvalue weighted by Gasteiger charge is -2.06. The molecule has 0 unspecified atom stereocenters. The van der Waals surface area contributed by atoms with Gasteiger partial charge in [0.2, 0.25) is 5.75 Å². The van der Waals surface area contributed by atoms with Gasteiger partial charge in [0.15, 0.2) is 0 Å². The van der Waals surface area contributed by atoms with Crippen molar-refractivity contribution >= 4 is 11.7 Å². The number of carbonyl (C=O) groups is 1. The Morgan fingerprint density at radius 2 is 2.13 bits per heavy atom. The van der Waals surface area contributed by atoms with E-state index in [1.165, 1.54) is 25.3 Å². The smallest absolute Gasteiger partial charge is 0.315 e. The molecule has 0 atom stereocenters. The summed E-state index contributed by atoms with van der Waals surface area (Å²) in [5, 5.41) is 14.8. The van der Waals surface area contributed by atoms with E-state index in [4.69, 9.17) is 14.0 Å². The van der Waals surface area contributed by atoms with E-state index in [-0.39, 0.29) is 17.9 Å². The lowest BCUT2D eigenvalue weighted by Crippen LogP contribution is -2.10. The van der Waals surface area contributed by atoms with Crippen LogP contribution in [-0.4, -0.2) is 23.2 Å². The van der Waals surface area contributed by atoms with E-state index < -0.39 is 10.9 Å². The predicted octanol–water partition coefficient (Wildman–Crippen LogP) is 2.75. The molecule has 2 rings (SSSR count). The average molecular weight is 320 g/mol. The van der Waals surface area contributed by atoms with Gasteiger partial charge < -0.3 is 14.0 Å². The first-order valence-corrected chi connectivity index (χ1v) is 6.87. The maximum atomic E-state index is 11.9. The van der Waals surface area contributed by atoms with Crippen LogP contribution < -0.4 is 9.47 Å². The van der Waals surface area contributed by atoms with Gasteiger partial charge >= 0.3 is 11.7 Å². The van der Waals surface area contributed by atoms with Crippen molar-refractivity contribution in [1.82, 2.24) is 5.16 Å². The first kappa shape index (κ1) is 16.5. The van der Waals surface area contributed by atoms with E-state index in [1.54, 1.807) is 13.8 Å². The third kappa shape index (κ3) is 3.85. The van der Waals surface area contributed by atoms with Gasteiger partial charge in [0.25, 0.3) is 0 Å². The number of nitrogens with zero attached hydrogens (tertiary/aromatic N) is 2. The Balaban J connectivity index is 2.07. The molecule has 1 aromatic carbocycles. The number of esters is 1. The predicted molar refractivity (Wildman–Crippen MR) is 79.6 cm³/mol. The second-order valence-corrected chi connectivity index (χ2v) is 4.87. The largest absolute Gasteiger partial charge is 0.496 e. The highest BCUT2D eigenvalue weighted by molar-refractivity contribution is 5.74. The number of nitro benzene ring substituents is 1. The molecule has 2 aromatic rings. The number of rotatable bonds is 6. The molecule has 0 fully saturated rings. The lowest BCUT2D eigenvalue weighted by atomic mass is 10.1. The van der Waals surface area contributed by atoms with Crippen molar-refractivity contribution in [3.8, 4) is 11.5 Å². The maximum absolute atomic E-state index is 11.9. The second kappa shape index (κ2) is 6.91. The minimum absolute atomic E-state index is 0.0616. The Kier molecular flexibility index (Phi) is 4.95. The van der Waals surface area contributed by atoms with E-state index in [0.29, 0.717) is 23.6 Å². The van der Waals surface area contributed by atoms with Crippen LogP contribution in [0.2, 0.25) is 0 Å². The minimum atomic E-state index is -0.626. The van der Waals surface area contributed by atoms with E-state index in [0.717, 1.165) is 5.56 Å². The minimum Gasteiger partial charge on any atom is -0.496 e. The Bertz CT molecular complexity index is 718. The molecule has 0 amide bonds. The number of hydrogen-bond donors (Lipinski definition) is 0. The first-order chi connectivity index (χ1) is 10.9. The van der Waals surface area contributed by atoms with Crippen LogP contribution in [0.15, 0.2) is 22.7 Å². The normalized spacial score (nSPS) is 10.4. The fourth-order valence-electron chi connectivity index (χ4n) is 2.11. The number of aromatic nitrogens is 1. The third-order valence-corrected chi connectivity index (χ3v) is 3.35. The molecular formula is C15H16N2O6. The van der Waals surface area contributed by atoms with E-state index in [9.17, 15) is 14.9 Å². The highest BCUT2D eigenvalue weighted by Gasteiger charge is 2.20. The summed E-state index contributed by atoms with van der Waals surface area (Å²) >= 11 is 0. The van der Waals surface area contributed by atoms with Gasteiger partial charge in [-0.15, -0.1) is 0 Å². The van der Waals surface area contributed by atoms with Crippen molar-refractivity contribution < 1.29 is 23.7 Å². The summed E-state index contributed by atoms with van der Waals surface area (Å²) in [4.78, 5) is 22.4. The van der Waals surface area contributed by atoms with Gasteiger partial charge in [0.05, 0.1) is 30.2 Å². The Labute approximate surface area is 132 Å². The van der Waals surface area contributed by atoms with Crippen LogP contribution >= 0.6 is 0 Å². The topological polar surface area (TPSA) is 105 Å². The monoisotopic (exact) mass is 320 g/mol.